The number of benzene rings is 4. The third-order valence-corrected chi connectivity index (χ3v) is 7.10. The van der Waals surface area contributed by atoms with E-state index in [4.69, 9.17) is 4.42 Å². The molecule has 40 heavy (non-hydrogen) atoms. The van der Waals surface area contributed by atoms with Gasteiger partial charge in [0.2, 0.25) is 5.78 Å². The Kier molecular flexibility index (Phi) is 5.11. The number of hydrogen-bond acceptors (Lipinski definition) is 6. The number of nitrogens with zero attached hydrogens (tertiary/aromatic N) is 3. The van der Waals surface area contributed by atoms with Crippen LogP contribution in [0, 0.1) is 6.92 Å². The first kappa shape index (κ1) is 23.5. The molecule has 1 aliphatic rings. The summed E-state index contributed by atoms with van der Waals surface area (Å²) in [5, 5.41) is 6.71. The van der Waals surface area contributed by atoms with E-state index in [1.807, 2.05) is 37.3 Å². The van der Waals surface area contributed by atoms with Gasteiger partial charge in [0.25, 0.3) is 11.8 Å². The molecule has 7 rings (SSSR count). The van der Waals surface area contributed by atoms with Crippen molar-refractivity contribution in [1.82, 2.24) is 9.78 Å². The van der Waals surface area contributed by atoms with Gasteiger partial charge in [-0.2, -0.15) is 5.10 Å². The summed E-state index contributed by atoms with van der Waals surface area (Å²) < 4.78 is 6.82. The molecular formula is C32H19N3O5. The smallest absolute Gasteiger partial charge is 0.347 e. The van der Waals surface area contributed by atoms with Gasteiger partial charge in [-0.25, -0.2) is 14.4 Å². The number of aromatic nitrogens is 2. The second-order valence-electron chi connectivity index (χ2n) is 9.58. The van der Waals surface area contributed by atoms with Crippen LogP contribution in [0.3, 0.4) is 0 Å². The first-order valence-electron chi connectivity index (χ1n) is 12.6. The van der Waals surface area contributed by atoms with E-state index in [0.717, 1.165) is 21.2 Å². The molecule has 0 saturated heterocycles. The summed E-state index contributed by atoms with van der Waals surface area (Å²) in [4.78, 5) is 55.5. The zero-order chi connectivity index (χ0) is 27.5. The van der Waals surface area contributed by atoms with E-state index in [-0.39, 0.29) is 22.5 Å². The number of amides is 2. The average Bonchev–Trinajstić information content (AvgIpc) is 3.49. The van der Waals surface area contributed by atoms with Crippen molar-refractivity contribution in [2.24, 2.45) is 0 Å². The molecule has 0 fully saturated rings. The maximum Gasteiger partial charge on any atom is 0.347 e. The summed E-state index contributed by atoms with van der Waals surface area (Å²) >= 11 is 0. The van der Waals surface area contributed by atoms with Crippen LogP contribution in [0.4, 0.5) is 5.69 Å². The Hall–Kier alpha value is -5.63. The molecular weight excluding hydrogens is 506 g/mol. The molecule has 0 atom stereocenters. The SMILES string of the molecule is Cc1ccc(N2C(=O)c3c(C(=O)c4cc5c(ccc6ccccc65)oc4=O)nn(-c4ccccc4)c3C2=O)cc1. The van der Waals surface area contributed by atoms with E-state index in [0.29, 0.717) is 22.3 Å². The van der Waals surface area contributed by atoms with Crippen molar-refractivity contribution in [3.05, 3.63) is 136 Å². The Labute approximate surface area is 226 Å². The third-order valence-electron chi connectivity index (χ3n) is 7.10. The summed E-state index contributed by atoms with van der Waals surface area (Å²) in [5.74, 6) is -2.11. The fourth-order valence-corrected chi connectivity index (χ4v) is 5.13. The molecule has 2 amide bonds. The molecule has 0 spiro atoms. The highest BCUT2D eigenvalue weighted by Gasteiger charge is 2.45. The summed E-state index contributed by atoms with van der Waals surface area (Å²) in [6.45, 7) is 1.90. The number of carbonyl (C=O) groups excluding carboxylic acids is 3. The zero-order valence-electron chi connectivity index (χ0n) is 21.1. The topological polar surface area (TPSA) is 102 Å². The normalized spacial score (nSPS) is 12.9. The largest absolute Gasteiger partial charge is 0.422 e. The van der Waals surface area contributed by atoms with E-state index in [9.17, 15) is 19.2 Å². The van der Waals surface area contributed by atoms with Crippen molar-refractivity contribution < 1.29 is 18.8 Å². The second-order valence-corrected chi connectivity index (χ2v) is 9.58. The number of imide groups is 1. The van der Waals surface area contributed by atoms with Crippen molar-refractivity contribution in [2.45, 2.75) is 6.92 Å². The van der Waals surface area contributed by atoms with Crippen LogP contribution in [0.15, 0.2) is 106 Å². The molecule has 0 bridgehead atoms. The highest BCUT2D eigenvalue weighted by Crippen LogP contribution is 2.33. The molecule has 0 radical (unpaired) electrons. The molecule has 3 heterocycles. The van der Waals surface area contributed by atoms with Crippen molar-refractivity contribution in [3.63, 3.8) is 0 Å². The first-order chi connectivity index (χ1) is 19.4. The fraction of sp³-hybridized carbons (Fsp3) is 0.0312. The van der Waals surface area contributed by atoms with Crippen molar-refractivity contribution in [1.29, 1.82) is 0 Å². The minimum Gasteiger partial charge on any atom is -0.422 e. The molecule has 192 valence electrons. The monoisotopic (exact) mass is 525 g/mol. The van der Waals surface area contributed by atoms with E-state index in [1.165, 1.54) is 10.7 Å². The molecule has 4 aromatic carbocycles. The van der Waals surface area contributed by atoms with Gasteiger partial charge in [0, 0.05) is 5.39 Å². The lowest BCUT2D eigenvalue weighted by Gasteiger charge is -2.15. The van der Waals surface area contributed by atoms with Crippen LogP contribution in [-0.2, 0) is 0 Å². The fourth-order valence-electron chi connectivity index (χ4n) is 5.13. The Bertz CT molecular complexity index is 2090. The highest BCUT2D eigenvalue weighted by molar-refractivity contribution is 6.36. The molecule has 0 saturated carbocycles. The van der Waals surface area contributed by atoms with Gasteiger partial charge in [0.15, 0.2) is 0 Å². The van der Waals surface area contributed by atoms with Gasteiger partial charge in [-0.05, 0) is 54.1 Å². The van der Waals surface area contributed by atoms with Crippen molar-refractivity contribution in [2.75, 3.05) is 4.90 Å². The van der Waals surface area contributed by atoms with E-state index in [2.05, 4.69) is 5.10 Å². The van der Waals surface area contributed by atoms with Gasteiger partial charge in [-0.1, -0.05) is 66.2 Å². The van der Waals surface area contributed by atoms with Crippen molar-refractivity contribution >= 4 is 45.0 Å². The Morgan fingerprint density at radius 2 is 1.48 bits per heavy atom. The molecule has 0 aliphatic carbocycles. The molecule has 6 aromatic rings. The van der Waals surface area contributed by atoms with Gasteiger partial charge in [-0.15, -0.1) is 0 Å². The maximum absolute atomic E-state index is 14.0. The second kappa shape index (κ2) is 8.71. The zero-order valence-corrected chi connectivity index (χ0v) is 21.1. The number of hydrogen-bond donors (Lipinski definition) is 0. The summed E-state index contributed by atoms with van der Waals surface area (Å²) in [6.07, 6.45) is 0. The lowest BCUT2D eigenvalue weighted by Crippen LogP contribution is -2.31. The van der Waals surface area contributed by atoms with Gasteiger partial charge in [0.1, 0.15) is 28.1 Å². The summed E-state index contributed by atoms with van der Waals surface area (Å²) in [5.41, 5.74) is 0.514. The minimum absolute atomic E-state index is 0.0456. The van der Waals surface area contributed by atoms with Gasteiger partial charge >= 0.3 is 5.63 Å². The van der Waals surface area contributed by atoms with E-state index >= 15 is 0 Å². The van der Waals surface area contributed by atoms with Crippen LogP contribution in [0.2, 0.25) is 0 Å². The lowest BCUT2D eigenvalue weighted by molar-refractivity contribution is 0.0915. The molecule has 8 nitrogen and oxygen atoms in total. The number of carbonyl (C=O) groups is 3. The van der Waals surface area contributed by atoms with Crippen LogP contribution in [0.5, 0.6) is 0 Å². The van der Waals surface area contributed by atoms with Gasteiger partial charge in [-0.3, -0.25) is 14.4 Å². The Morgan fingerprint density at radius 3 is 2.25 bits per heavy atom. The van der Waals surface area contributed by atoms with Crippen LogP contribution >= 0.6 is 0 Å². The predicted molar refractivity (Wildman–Crippen MR) is 149 cm³/mol. The maximum atomic E-state index is 14.0. The third kappa shape index (κ3) is 3.43. The highest BCUT2D eigenvalue weighted by atomic mass is 16.4. The first-order valence-corrected chi connectivity index (χ1v) is 12.6. The minimum atomic E-state index is -0.858. The predicted octanol–water partition coefficient (Wildman–Crippen LogP) is 5.47. The number of ketones is 1. The van der Waals surface area contributed by atoms with E-state index < -0.39 is 23.2 Å². The van der Waals surface area contributed by atoms with Gasteiger partial charge < -0.3 is 4.42 Å². The lowest BCUT2D eigenvalue weighted by atomic mass is 10.0. The number of para-hydroxylation sites is 1. The van der Waals surface area contributed by atoms with Gasteiger partial charge in [0.05, 0.1) is 11.4 Å². The molecule has 0 unspecified atom stereocenters. The quantitative estimate of drug-likeness (QED) is 0.131. The number of rotatable bonds is 4. The summed E-state index contributed by atoms with van der Waals surface area (Å²) in [6, 6.07) is 28.2. The molecule has 0 N–H and O–H groups in total. The number of aryl methyl sites for hydroxylation is 1. The Morgan fingerprint density at radius 1 is 0.750 bits per heavy atom. The van der Waals surface area contributed by atoms with Crippen LogP contribution in [-0.4, -0.2) is 27.4 Å². The van der Waals surface area contributed by atoms with Crippen LogP contribution < -0.4 is 10.5 Å². The summed E-state index contributed by atoms with van der Waals surface area (Å²) in [7, 11) is 0. The van der Waals surface area contributed by atoms with Crippen molar-refractivity contribution in [3.8, 4) is 5.69 Å². The number of fused-ring (bicyclic) bond motifs is 4. The standard InChI is InChI=1S/C32H19N3O5/c1-18-11-14-20(15-12-18)34-30(37)26-27(33-35(28(26)31(34)38)21-8-3-2-4-9-21)29(36)24-17-23-22-10-6-5-7-19(22)13-16-25(23)40-32(24)39/h2-17H,1H3. The van der Waals surface area contributed by atoms with Crippen LogP contribution in [0.25, 0.3) is 27.4 Å². The number of anilines is 1. The Balaban J connectivity index is 1.44. The van der Waals surface area contributed by atoms with E-state index in [1.54, 1.807) is 60.7 Å². The molecule has 1 aliphatic heterocycles. The van der Waals surface area contributed by atoms with Crippen LogP contribution in [0.1, 0.15) is 42.5 Å². The molecule has 8 heteroatoms. The average molecular weight is 526 g/mol. The molecule has 2 aromatic heterocycles.